The second kappa shape index (κ2) is 7.66. The van der Waals surface area contributed by atoms with Crippen molar-refractivity contribution in [1.82, 2.24) is 4.98 Å². The van der Waals surface area contributed by atoms with Gasteiger partial charge in [-0.05, 0) is 5.56 Å². The SMILES string of the molecule is O=C(CC(C(=O)c1ccccc1)c1ccccc1)Nc1nccs1. The van der Waals surface area contributed by atoms with E-state index in [1.165, 1.54) is 11.3 Å². The Morgan fingerprint density at radius 1 is 1.00 bits per heavy atom. The Morgan fingerprint density at radius 3 is 2.29 bits per heavy atom. The van der Waals surface area contributed by atoms with Crippen LogP contribution in [0.25, 0.3) is 0 Å². The first-order chi connectivity index (χ1) is 11.7. The number of Topliss-reactive ketones (excluding diaryl/α,β-unsaturated/α-hetero) is 1. The van der Waals surface area contributed by atoms with Crippen molar-refractivity contribution in [1.29, 1.82) is 0 Å². The summed E-state index contributed by atoms with van der Waals surface area (Å²) in [7, 11) is 0. The van der Waals surface area contributed by atoms with Gasteiger partial charge in [-0.25, -0.2) is 4.98 Å². The first-order valence-electron chi connectivity index (χ1n) is 7.57. The molecule has 0 aliphatic heterocycles. The van der Waals surface area contributed by atoms with Crippen LogP contribution in [-0.2, 0) is 4.79 Å². The summed E-state index contributed by atoms with van der Waals surface area (Å²) in [6.45, 7) is 0. The topological polar surface area (TPSA) is 59.1 Å². The van der Waals surface area contributed by atoms with E-state index in [1.54, 1.807) is 23.7 Å². The smallest absolute Gasteiger partial charge is 0.227 e. The van der Waals surface area contributed by atoms with E-state index in [0.717, 1.165) is 5.56 Å². The van der Waals surface area contributed by atoms with Crippen LogP contribution < -0.4 is 5.32 Å². The third-order valence-electron chi connectivity index (χ3n) is 3.64. The van der Waals surface area contributed by atoms with E-state index in [9.17, 15) is 9.59 Å². The molecule has 5 heteroatoms. The molecule has 0 spiro atoms. The van der Waals surface area contributed by atoms with E-state index in [0.29, 0.717) is 10.7 Å². The zero-order valence-corrected chi connectivity index (χ0v) is 13.7. The minimum absolute atomic E-state index is 0.0592. The van der Waals surface area contributed by atoms with Gasteiger partial charge >= 0.3 is 0 Å². The summed E-state index contributed by atoms with van der Waals surface area (Å²) in [6, 6.07) is 18.5. The first-order valence-corrected chi connectivity index (χ1v) is 8.45. The molecule has 1 aromatic heterocycles. The van der Waals surface area contributed by atoms with E-state index in [1.807, 2.05) is 48.5 Å². The molecule has 1 unspecified atom stereocenters. The van der Waals surface area contributed by atoms with E-state index < -0.39 is 5.92 Å². The lowest BCUT2D eigenvalue weighted by molar-refractivity contribution is -0.116. The first kappa shape index (κ1) is 16.1. The number of benzene rings is 2. The average molecular weight is 336 g/mol. The summed E-state index contributed by atoms with van der Waals surface area (Å²) in [4.78, 5) is 29.3. The maximum atomic E-state index is 12.9. The summed E-state index contributed by atoms with van der Waals surface area (Å²) in [5, 5.41) is 5.08. The van der Waals surface area contributed by atoms with Crippen molar-refractivity contribution < 1.29 is 9.59 Å². The maximum absolute atomic E-state index is 12.9. The van der Waals surface area contributed by atoms with Gasteiger partial charge < -0.3 is 5.32 Å². The normalized spacial score (nSPS) is 11.7. The number of carbonyl (C=O) groups is 2. The van der Waals surface area contributed by atoms with Crippen LogP contribution in [0.2, 0.25) is 0 Å². The van der Waals surface area contributed by atoms with Gasteiger partial charge in [0.25, 0.3) is 0 Å². The fourth-order valence-corrected chi connectivity index (χ4v) is 3.04. The average Bonchev–Trinajstić information content (AvgIpc) is 3.13. The number of hydrogen-bond donors (Lipinski definition) is 1. The molecular weight excluding hydrogens is 320 g/mol. The lowest BCUT2D eigenvalue weighted by Crippen LogP contribution is -2.21. The van der Waals surface area contributed by atoms with Gasteiger partial charge in [0.1, 0.15) is 0 Å². The highest BCUT2D eigenvalue weighted by atomic mass is 32.1. The molecule has 3 aromatic rings. The van der Waals surface area contributed by atoms with Crippen molar-refractivity contribution in [2.24, 2.45) is 0 Å². The van der Waals surface area contributed by atoms with Gasteiger partial charge in [0.15, 0.2) is 10.9 Å². The molecule has 120 valence electrons. The van der Waals surface area contributed by atoms with Gasteiger partial charge in [-0.15, -0.1) is 11.3 Å². The van der Waals surface area contributed by atoms with Gasteiger partial charge in [-0.2, -0.15) is 0 Å². The lowest BCUT2D eigenvalue weighted by Gasteiger charge is -2.16. The Morgan fingerprint density at radius 2 is 1.67 bits per heavy atom. The maximum Gasteiger partial charge on any atom is 0.227 e. The van der Waals surface area contributed by atoms with E-state index in [4.69, 9.17) is 0 Å². The number of anilines is 1. The highest BCUT2D eigenvalue weighted by Gasteiger charge is 2.25. The molecule has 0 bridgehead atoms. The van der Waals surface area contributed by atoms with Crippen molar-refractivity contribution in [2.75, 3.05) is 5.32 Å². The third kappa shape index (κ3) is 3.94. The van der Waals surface area contributed by atoms with Crippen LogP contribution in [0.4, 0.5) is 5.13 Å². The summed E-state index contributed by atoms with van der Waals surface area (Å²) in [5.41, 5.74) is 1.44. The fourth-order valence-electron chi connectivity index (χ4n) is 2.49. The number of nitrogens with one attached hydrogen (secondary N) is 1. The molecule has 4 nitrogen and oxygen atoms in total. The van der Waals surface area contributed by atoms with E-state index in [2.05, 4.69) is 10.3 Å². The minimum atomic E-state index is -0.520. The van der Waals surface area contributed by atoms with Crippen molar-refractivity contribution in [2.45, 2.75) is 12.3 Å². The molecule has 0 aliphatic rings. The van der Waals surface area contributed by atoms with Crippen molar-refractivity contribution in [3.63, 3.8) is 0 Å². The Labute approximate surface area is 144 Å². The van der Waals surface area contributed by atoms with Crippen molar-refractivity contribution in [3.05, 3.63) is 83.4 Å². The summed E-state index contributed by atoms with van der Waals surface area (Å²) >= 11 is 1.35. The number of ketones is 1. The molecule has 1 heterocycles. The van der Waals surface area contributed by atoms with E-state index >= 15 is 0 Å². The molecule has 0 aliphatic carbocycles. The third-order valence-corrected chi connectivity index (χ3v) is 4.33. The predicted molar refractivity (Wildman–Crippen MR) is 95.3 cm³/mol. The van der Waals surface area contributed by atoms with Gasteiger partial charge in [-0.3, -0.25) is 9.59 Å². The Hall–Kier alpha value is -2.79. The molecule has 0 fully saturated rings. The zero-order valence-electron chi connectivity index (χ0n) is 12.9. The molecule has 0 radical (unpaired) electrons. The second-order valence-corrected chi connectivity index (χ2v) is 6.18. The largest absolute Gasteiger partial charge is 0.302 e. The monoisotopic (exact) mass is 336 g/mol. The standard InChI is InChI=1S/C19H16N2O2S/c22-17(21-19-20-11-12-24-19)13-16(14-7-3-1-4-8-14)18(23)15-9-5-2-6-10-15/h1-12,16H,13H2,(H,20,21,22). The summed E-state index contributed by atoms with van der Waals surface area (Å²) < 4.78 is 0. The van der Waals surface area contributed by atoms with Crippen LogP contribution in [0.5, 0.6) is 0 Å². The summed E-state index contributed by atoms with van der Waals surface area (Å²) in [6.07, 6.45) is 1.71. The Bertz CT molecular complexity index is 802. The van der Waals surface area contributed by atoms with Crippen LogP contribution in [0, 0.1) is 0 Å². The van der Waals surface area contributed by atoms with Crippen LogP contribution in [0.3, 0.4) is 0 Å². The van der Waals surface area contributed by atoms with Crippen LogP contribution in [0.1, 0.15) is 28.3 Å². The highest BCUT2D eigenvalue weighted by molar-refractivity contribution is 7.13. The molecule has 0 saturated heterocycles. The molecule has 0 saturated carbocycles. The number of nitrogens with zero attached hydrogens (tertiary/aromatic N) is 1. The number of thiazole rings is 1. The minimum Gasteiger partial charge on any atom is -0.302 e. The van der Waals surface area contributed by atoms with Gasteiger partial charge in [-0.1, -0.05) is 60.7 Å². The molecule has 1 amide bonds. The van der Waals surface area contributed by atoms with Gasteiger partial charge in [0.2, 0.25) is 5.91 Å². The molecule has 3 rings (SSSR count). The lowest BCUT2D eigenvalue weighted by atomic mass is 9.88. The number of carbonyl (C=O) groups excluding carboxylic acids is 2. The molecule has 1 atom stereocenters. The number of hydrogen-bond acceptors (Lipinski definition) is 4. The predicted octanol–water partition coefficient (Wildman–Crippen LogP) is 4.14. The van der Waals surface area contributed by atoms with Gasteiger partial charge in [0.05, 0.1) is 5.92 Å². The Kier molecular flexibility index (Phi) is 5.13. The number of rotatable bonds is 6. The Balaban J connectivity index is 1.82. The molecular formula is C19H16N2O2S. The summed E-state index contributed by atoms with van der Waals surface area (Å²) in [5.74, 6) is -0.798. The number of aromatic nitrogens is 1. The van der Waals surface area contributed by atoms with Crippen LogP contribution in [-0.4, -0.2) is 16.7 Å². The quantitative estimate of drug-likeness (QED) is 0.688. The molecule has 2 aromatic carbocycles. The number of amides is 1. The van der Waals surface area contributed by atoms with Crippen molar-refractivity contribution in [3.8, 4) is 0 Å². The van der Waals surface area contributed by atoms with E-state index in [-0.39, 0.29) is 18.1 Å². The highest BCUT2D eigenvalue weighted by Crippen LogP contribution is 2.25. The second-order valence-electron chi connectivity index (χ2n) is 5.28. The molecule has 1 N–H and O–H groups in total. The fraction of sp³-hybridized carbons (Fsp3) is 0.105. The van der Waals surface area contributed by atoms with Crippen molar-refractivity contribution >= 4 is 28.2 Å². The molecule has 24 heavy (non-hydrogen) atoms. The van der Waals surface area contributed by atoms with Gasteiger partial charge in [0, 0.05) is 23.6 Å². The van der Waals surface area contributed by atoms with Crippen LogP contribution in [0.15, 0.2) is 72.2 Å². The van der Waals surface area contributed by atoms with Crippen LogP contribution >= 0.6 is 11.3 Å². The zero-order chi connectivity index (χ0) is 16.8.